The maximum atomic E-state index is 14.0. The number of alkyl halides is 5. The zero-order valence-electron chi connectivity index (χ0n) is 17.9. The summed E-state index contributed by atoms with van der Waals surface area (Å²) >= 11 is 0. The summed E-state index contributed by atoms with van der Waals surface area (Å²) in [5, 5.41) is 0. The zero-order valence-corrected chi connectivity index (χ0v) is 18.7. The minimum Gasteiger partial charge on any atom is -0.487 e. The fourth-order valence-electron chi connectivity index (χ4n) is 3.67. The Morgan fingerprint density at radius 2 is 1.77 bits per heavy atom. The van der Waals surface area contributed by atoms with Gasteiger partial charge in [0.1, 0.15) is 23.4 Å². The smallest absolute Gasteiger partial charge is 0.416 e. The summed E-state index contributed by atoms with van der Waals surface area (Å²) in [6.07, 6.45) is -5.38. The number of halogens is 6. The number of benzene rings is 3. The maximum Gasteiger partial charge on any atom is 0.416 e. The summed E-state index contributed by atoms with van der Waals surface area (Å²) < 4.78 is 116. The van der Waals surface area contributed by atoms with E-state index in [1.54, 1.807) is 6.92 Å². The topological polar surface area (TPSA) is 55.8 Å². The normalized spacial score (nSPS) is 16.1. The summed E-state index contributed by atoms with van der Waals surface area (Å²) in [4.78, 5) is -0.573. The molecule has 0 spiro atoms. The van der Waals surface area contributed by atoms with E-state index >= 15 is 0 Å². The van der Waals surface area contributed by atoms with Crippen molar-refractivity contribution in [2.45, 2.75) is 30.7 Å². The molecule has 0 bridgehead atoms. The lowest BCUT2D eigenvalue weighted by atomic mass is 10.0. The predicted octanol–water partition coefficient (Wildman–Crippen LogP) is 6.09. The average molecular weight is 517 g/mol. The van der Waals surface area contributed by atoms with Crippen LogP contribution in [0.5, 0.6) is 11.5 Å². The van der Waals surface area contributed by atoms with Crippen molar-refractivity contribution in [1.29, 1.82) is 0 Å². The van der Waals surface area contributed by atoms with Crippen molar-refractivity contribution in [3.05, 3.63) is 72.0 Å². The molecule has 0 saturated carbocycles. The average Bonchev–Trinajstić information content (AvgIpc) is 2.77. The first-order valence-corrected chi connectivity index (χ1v) is 11.5. The molecule has 3 aromatic carbocycles. The third-order valence-corrected chi connectivity index (χ3v) is 6.93. The number of fused-ring (bicyclic) bond motifs is 1. The molecule has 0 fully saturated rings. The Morgan fingerprint density at radius 1 is 1.03 bits per heavy atom. The number of sulfonamides is 1. The lowest BCUT2D eigenvalue weighted by molar-refractivity contribution is -0.137. The summed E-state index contributed by atoms with van der Waals surface area (Å²) in [5.74, 6) is -1.18. The Morgan fingerprint density at radius 3 is 2.46 bits per heavy atom. The molecule has 0 amide bonds. The first-order valence-electron chi connectivity index (χ1n) is 10.1. The molecule has 12 heteroatoms. The van der Waals surface area contributed by atoms with Crippen LogP contribution < -0.4 is 13.8 Å². The van der Waals surface area contributed by atoms with Crippen LogP contribution in [-0.2, 0) is 16.2 Å². The highest BCUT2D eigenvalue weighted by Crippen LogP contribution is 2.41. The molecule has 35 heavy (non-hydrogen) atoms. The van der Waals surface area contributed by atoms with Crippen LogP contribution in [0.4, 0.5) is 32.0 Å². The Kier molecular flexibility index (Phi) is 6.34. The van der Waals surface area contributed by atoms with Gasteiger partial charge < -0.3 is 9.47 Å². The first kappa shape index (κ1) is 24.7. The van der Waals surface area contributed by atoms with E-state index in [-0.39, 0.29) is 29.1 Å². The van der Waals surface area contributed by atoms with Crippen LogP contribution >= 0.6 is 0 Å². The van der Waals surface area contributed by atoms with Gasteiger partial charge in [0.15, 0.2) is 0 Å². The van der Waals surface area contributed by atoms with Gasteiger partial charge >= 0.3 is 12.8 Å². The van der Waals surface area contributed by atoms with Crippen molar-refractivity contribution in [3.8, 4) is 22.6 Å². The molecule has 5 nitrogen and oxygen atoms in total. The van der Waals surface area contributed by atoms with Crippen molar-refractivity contribution in [2.24, 2.45) is 0 Å². The minimum atomic E-state index is -4.75. The molecule has 186 valence electrons. The molecule has 0 saturated heterocycles. The van der Waals surface area contributed by atoms with Crippen molar-refractivity contribution in [1.82, 2.24) is 0 Å². The van der Waals surface area contributed by atoms with Gasteiger partial charge in [0.2, 0.25) is 0 Å². The quantitative estimate of drug-likeness (QED) is 0.385. The second-order valence-corrected chi connectivity index (χ2v) is 9.59. The summed E-state index contributed by atoms with van der Waals surface area (Å²) in [6, 6.07) is 10.5. The molecule has 0 aliphatic carbocycles. The third kappa shape index (κ3) is 5.16. The maximum absolute atomic E-state index is 14.0. The molecule has 1 heterocycles. The molecular formula is C23H17F6NO4S. The Balaban J connectivity index is 1.80. The Bertz CT molecular complexity index is 1360. The molecule has 3 aromatic rings. The van der Waals surface area contributed by atoms with Gasteiger partial charge in [-0.3, -0.25) is 4.31 Å². The largest absolute Gasteiger partial charge is 0.487 e. The monoisotopic (exact) mass is 517 g/mol. The Hall–Kier alpha value is -3.41. The van der Waals surface area contributed by atoms with Gasteiger partial charge in [-0.25, -0.2) is 12.8 Å². The van der Waals surface area contributed by atoms with E-state index in [1.807, 2.05) is 0 Å². The van der Waals surface area contributed by atoms with Gasteiger partial charge in [-0.1, -0.05) is 12.1 Å². The predicted molar refractivity (Wildman–Crippen MR) is 115 cm³/mol. The highest BCUT2D eigenvalue weighted by atomic mass is 32.2. The highest BCUT2D eigenvalue weighted by Gasteiger charge is 2.36. The van der Waals surface area contributed by atoms with Crippen LogP contribution in [-0.4, -0.2) is 27.7 Å². The molecule has 1 aliphatic heterocycles. The summed E-state index contributed by atoms with van der Waals surface area (Å²) in [7, 11) is -4.47. The zero-order chi connectivity index (χ0) is 25.5. The molecule has 0 unspecified atom stereocenters. The number of rotatable bonds is 5. The van der Waals surface area contributed by atoms with Crippen LogP contribution in [0.3, 0.4) is 0 Å². The second-order valence-electron chi connectivity index (χ2n) is 7.73. The van der Waals surface area contributed by atoms with Gasteiger partial charge in [-0.05, 0) is 60.5 Å². The van der Waals surface area contributed by atoms with Gasteiger partial charge in [-0.15, -0.1) is 0 Å². The molecule has 0 radical (unpaired) electrons. The molecule has 0 N–H and O–H groups in total. The van der Waals surface area contributed by atoms with Crippen molar-refractivity contribution in [3.63, 3.8) is 0 Å². The van der Waals surface area contributed by atoms with Crippen molar-refractivity contribution < 1.29 is 44.2 Å². The van der Waals surface area contributed by atoms with Crippen LogP contribution in [0, 0.1) is 5.82 Å². The fourth-order valence-corrected chi connectivity index (χ4v) is 5.25. The van der Waals surface area contributed by atoms with Gasteiger partial charge in [-0.2, -0.15) is 22.0 Å². The fraction of sp³-hybridized carbons (Fsp3) is 0.217. The second kappa shape index (κ2) is 8.99. The summed E-state index contributed by atoms with van der Waals surface area (Å²) in [5.41, 5.74) is -0.776. The van der Waals surface area contributed by atoms with Crippen LogP contribution in [0.2, 0.25) is 0 Å². The minimum absolute atomic E-state index is 0.00130. The van der Waals surface area contributed by atoms with E-state index < -0.39 is 50.9 Å². The van der Waals surface area contributed by atoms with Crippen LogP contribution in [0.1, 0.15) is 12.5 Å². The molecule has 1 aliphatic rings. The van der Waals surface area contributed by atoms with Gasteiger partial charge in [0, 0.05) is 6.07 Å². The number of hydrogen-bond donors (Lipinski definition) is 0. The van der Waals surface area contributed by atoms with Crippen LogP contribution in [0.25, 0.3) is 11.1 Å². The number of anilines is 1. The van der Waals surface area contributed by atoms with Crippen molar-refractivity contribution >= 4 is 15.7 Å². The third-order valence-electron chi connectivity index (χ3n) is 5.16. The van der Waals surface area contributed by atoms with Crippen molar-refractivity contribution in [2.75, 3.05) is 10.8 Å². The van der Waals surface area contributed by atoms with E-state index in [9.17, 15) is 34.8 Å². The van der Waals surface area contributed by atoms with Crippen LogP contribution in [0.15, 0.2) is 65.6 Å². The highest BCUT2D eigenvalue weighted by molar-refractivity contribution is 7.92. The van der Waals surface area contributed by atoms with E-state index in [2.05, 4.69) is 4.74 Å². The lowest BCUT2D eigenvalue weighted by Gasteiger charge is -2.34. The lowest BCUT2D eigenvalue weighted by Crippen LogP contribution is -2.42. The molecule has 4 rings (SSSR count). The standard InChI is InChI=1S/C23H17F6NO4S/c1-13-12-30(35(31,32)19-4-2-3-16(10-19)23(27,28)29)20-9-14(5-6-21(20)33-13)15-7-17(24)11-18(8-15)34-22(25)26/h2-11,13,22H,12H2,1H3/t13-/m0/s1. The number of nitrogens with zero attached hydrogens (tertiary/aromatic N) is 1. The SMILES string of the molecule is C[C@H]1CN(S(=O)(=O)c2cccc(C(F)(F)F)c2)c2cc(-c3cc(F)cc(OC(F)F)c3)ccc2O1. The number of ether oxygens (including phenoxy) is 2. The van der Waals surface area contributed by atoms with E-state index in [0.717, 1.165) is 40.7 Å². The Labute approximate surface area is 196 Å². The number of hydrogen-bond acceptors (Lipinski definition) is 4. The van der Waals surface area contributed by atoms with E-state index in [0.29, 0.717) is 6.07 Å². The molecule has 0 aromatic heterocycles. The van der Waals surface area contributed by atoms with Gasteiger partial charge in [0.05, 0.1) is 22.7 Å². The molecular weight excluding hydrogens is 500 g/mol. The first-order chi connectivity index (χ1) is 16.3. The summed E-state index contributed by atoms with van der Waals surface area (Å²) in [6.45, 7) is -1.81. The van der Waals surface area contributed by atoms with Gasteiger partial charge in [0.25, 0.3) is 10.0 Å². The van der Waals surface area contributed by atoms with E-state index in [1.165, 1.54) is 18.2 Å². The van der Waals surface area contributed by atoms with E-state index in [4.69, 9.17) is 4.74 Å². The molecule has 1 atom stereocenters.